The van der Waals surface area contributed by atoms with Crippen LogP contribution in [0.1, 0.15) is 11.3 Å². The first kappa shape index (κ1) is 21.3. The van der Waals surface area contributed by atoms with Gasteiger partial charge in [0.1, 0.15) is 5.01 Å². The fourth-order valence-corrected chi connectivity index (χ4v) is 5.12. The molecular formula is C24H25N5S2. The predicted molar refractivity (Wildman–Crippen MR) is 132 cm³/mol. The number of thioether (sulfide) groups is 1. The van der Waals surface area contributed by atoms with Crippen LogP contribution in [0.2, 0.25) is 0 Å². The summed E-state index contributed by atoms with van der Waals surface area (Å²) < 4.78 is 2.11. The van der Waals surface area contributed by atoms with Gasteiger partial charge in [-0.15, -0.1) is 28.1 Å². The molecule has 0 radical (unpaired) electrons. The first-order chi connectivity index (χ1) is 15.1. The lowest BCUT2D eigenvalue weighted by molar-refractivity contribution is 0.731. The monoisotopic (exact) mass is 447 g/mol. The summed E-state index contributed by atoms with van der Waals surface area (Å²) in [4.78, 5) is 6.92. The highest BCUT2D eigenvalue weighted by molar-refractivity contribution is 7.98. The van der Waals surface area contributed by atoms with Crippen LogP contribution < -0.4 is 4.90 Å². The predicted octanol–water partition coefficient (Wildman–Crippen LogP) is 5.92. The first-order valence-corrected chi connectivity index (χ1v) is 11.9. The van der Waals surface area contributed by atoms with Gasteiger partial charge in [-0.3, -0.25) is 4.57 Å². The van der Waals surface area contributed by atoms with E-state index in [0.717, 1.165) is 38.7 Å². The summed E-state index contributed by atoms with van der Waals surface area (Å²) in [6.07, 6.45) is 1.88. The van der Waals surface area contributed by atoms with E-state index in [9.17, 15) is 0 Å². The average molecular weight is 448 g/mol. The summed E-state index contributed by atoms with van der Waals surface area (Å²) in [6.45, 7) is 6.69. The molecule has 0 saturated heterocycles. The Balaban J connectivity index is 1.53. The summed E-state index contributed by atoms with van der Waals surface area (Å²) in [6, 6.07) is 16.7. The molecule has 31 heavy (non-hydrogen) atoms. The van der Waals surface area contributed by atoms with Crippen molar-refractivity contribution in [3.05, 3.63) is 77.8 Å². The minimum absolute atomic E-state index is 0.658. The minimum Gasteiger partial charge on any atom is -0.378 e. The molecule has 0 aliphatic heterocycles. The molecule has 2 aromatic carbocycles. The third-order valence-corrected chi connectivity index (χ3v) is 6.87. The lowest BCUT2D eigenvalue weighted by atomic mass is 10.1. The van der Waals surface area contributed by atoms with Gasteiger partial charge in [-0.05, 0) is 36.8 Å². The number of aromatic nitrogens is 4. The van der Waals surface area contributed by atoms with Crippen molar-refractivity contribution in [3.8, 4) is 22.0 Å². The van der Waals surface area contributed by atoms with E-state index in [0.29, 0.717) is 6.54 Å². The second-order valence-electron chi connectivity index (χ2n) is 7.39. The van der Waals surface area contributed by atoms with Crippen LogP contribution in [0.25, 0.3) is 22.0 Å². The van der Waals surface area contributed by atoms with Gasteiger partial charge >= 0.3 is 0 Å². The molecule has 0 atom stereocenters. The normalized spacial score (nSPS) is 10.9. The molecule has 4 aromatic rings. The number of thiazole rings is 1. The van der Waals surface area contributed by atoms with Gasteiger partial charge in [0.05, 0.1) is 5.69 Å². The van der Waals surface area contributed by atoms with Crippen LogP contribution in [0, 0.1) is 6.92 Å². The summed E-state index contributed by atoms with van der Waals surface area (Å²) in [5.41, 5.74) is 5.69. The topological polar surface area (TPSA) is 46.8 Å². The number of aryl methyl sites for hydroxylation is 1. The van der Waals surface area contributed by atoms with Crippen LogP contribution in [0.3, 0.4) is 0 Å². The Morgan fingerprint density at radius 3 is 2.58 bits per heavy atom. The highest BCUT2D eigenvalue weighted by atomic mass is 32.2. The summed E-state index contributed by atoms with van der Waals surface area (Å²) in [5.74, 6) is 1.60. The molecular weight excluding hydrogens is 422 g/mol. The lowest BCUT2D eigenvalue weighted by Crippen LogP contribution is -2.08. The molecule has 4 rings (SSSR count). The molecule has 5 nitrogen and oxygen atoms in total. The van der Waals surface area contributed by atoms with Crippen molar-refractivity contribution >= 4 is 28.8 Å². The van der Waals surface area contributed by atoms with E-state index in [2.05, 4.69) is 87.1 Å². The van der Waals surface area contributed by atoms with Gasteiger partial charge in [-0.25, -0.2) is 4.98 Å². The van der Waals surface area contributed by atoms with Crippen LogP contribution in [-0.2, 0) is 12.3 Å². The van der Waals surface area contributed by atoms with E-state index in [-0.39, 0.29) is 0 Å². The number of benzene rings is 2. The number of hydrogen-bond donors (Lipinski definition) is 0. The largest absolute Gasteiger partial charge is 0.378 e. The zero-order valence-electron chi connectivity index (χ0n) is 17.9. The Morgan fingerprint density at radius 2 is 1.87 bits per heavy atom. The van der Waals surface area contributed by atoms with E-state index in [1.165, 1.54) is 11.1 Å². The third-order valence-electron chi connectivity index (χ3n) is 4.95. The molecule has 0 bridgehead atoms. The van der Waals surface area contributed by atoms with E-state index in [4.69, 9.17) is 4.98 Å². The Kier molecular flexibility index (Phi) is 6.53. The zero-order chi connectivity index (χ0) is 21.8. The zero-order valence-corrected chi connectivity index (χ0v) is 19.6. The lowest BCUT2D eigenvalue weighted by Gasteiger charge is -2.13. The van der Waals surface area contributed by atoms with E-state index < -0.39 is 0 Å². The van der Waals surface area contributed by atoms with Crippen LogP contribution in [0.5, 0.6) is 0 Å². The summed E-state index contributed by atoms with van der Waals surface area (Å²) >= 11 is 3.34. The molecule has 0 N–H and O–H groups in total. The smallest absolute Gasteiger partial charge is 0.192 e. The minimum atomic E-state index is 0.658. The number of rotatable bonds is 8. The van der Waals surface area contributed by atoms with Gasteiger partial charge < -0.3 is 4.90 Å². The Bertz CT molecular complexity index is 1170. The maximum atomic E-state index is 4.84. The highest BCUT2D eigenvalue weighted by Crippen LogP contribution is 2.31. The van der Waals surface area contributed by atoms with Crippen LogP contribution >= 0.6 is 23.1 Å². The third kappa shape index (κ3) is 4.73. The quantitative estimate of drug-likeness (QED) is 0.248. The fourth-order valence-electron chi connectivity index (χ4n) is 3.26. The Morgan fingerprint density at radius 1 is 1.10 bits per heavy atom. The number of hydrogen-bond acceptors (Lipinski definition) is 6. The van der Waals surface area contributed by atoms with Crippen molar-refractivity contribution in [2.45, 2.75) is 24.4 Å². The van der Waals surface area contributed by atoms with Crippen LogP contribution in [0.4, 0.5) is 5.69 Å². The average Bonchev–Trinajstić information content (AvgIpc) is 3.40. The summed E-state index contributed by atoms with van der Waals surface area (Å²) in [7, 11) is 4.07. The van der Waals surface area contributed by atoms with Crippen LogP contribution in [-0.4, -0.2) is 33.8 Å². The molecule has 0 saturated carbocycles. The molecule has 0 aliphatic carbocycles. The van der Waals surface area contributed by atoms with Gasteiger partial charge in [0.25, 0.3) is 0 Å². The molecule has 0 unspecified atom stereocenters. The van der Waals surface area contributed by atoms with Gasteiger partial charge in [-0.2, -0.15) is 0 Å². The molecule has 158 valence electrons. The van der Waals surface area contributed by atoms with Crippen LogP contribution in [0.15, 0.2) is 71.7 Å². The van der Waals surface area contributed by atoms with Crippen molar-refractivity contribution in [2.75, 3.05) is 19.0 Å². The van der Waals surface area contributed by atoms with E-state index in [1.54, 1.807) is 23.1 Å². The molecule has 2 heterocycles. The fraction of sp³-hybridized carbons (Fsp3) is 0.208. The van der Waals surface area contributed by atoms with Gasteiger partial charge in [0.15, 0.2) is 11.0 Å². The molecule has 0 amide bonds. The second kappa shape index (κ2) is 9.49. The Hall–Kier alpha value is -2.90. The van der Waals surface area contributed by atoms with Crippen molar-refractivity contribution in [3.63, 3.8) is 0 Å². The Labute approximate surface area is 191 Å². The van der Waals surface area contributed by atoms with E-state index in [1.807, 2.05) is 20.2 Å². The second-order valence-corrected chi connectivity index (χ2v) is 9.19. The van der Waals surface area contributed by atoms with E-state index >= 15 is 0 Å². The van der Waals surface area contributed by atoms with Crippen molar-refractivity contribution < 1.29 is 0 Å². The van der Waals surface area contributed by atoms with Crippen molar-refractivity contribution in [1.82, 2.24) is 19.7 Å². The summed E-state index contributed by atoms with van der Waals surface area (Å²) in [5, 5.41) is 13.0. The van der Waals surface area contributed by atoms with Gasteiger partial charge in [-0.1, -0.05) is 42.1 Å². The van der Waals surface area contributed by atoms with Gasteiger partial charge in [0.2, 0.25) is 0 Å². The molecule has 7 heteroatoms. The first-order valence-electron chi connectivity index (χ1n) is 10.0. The number of allylic oxidation sites excluding steroid dienone is 1. The standard InChI is InChI=1S/C24H25N5S2/c1-5-14-29-22(18-10-12-20(13-11-18)28(3)4)26-27-24(29)31-16-19-15-30-23(25-19)21-9-7-6-8-17(21)2/h5-13,15H,1,14,16H2,2-4H3. The molecule has 0 fully saturated rings. The maximum Gasteiger partial charge on any atom is 0.192 e. The number of anilines is 1. The molecule has 0 aliphatic rings. The van der Waals surface area contributed by atoms with Gasteiger partial charge in [0, 0.05) is 48.6 Å². The van der Waals surface area contributed by atoms with Crippen molar-refractivity contribution in [2.24, 2.45) is 0 Å². The molecule has 2 aromatic heterocycles. The highest BCUT2D eigenvalue weighted by Gasteiger charge is 2.15. The SMILES string of the molecule is C=CCn1c(SCc2csc(-c3ccccc3C)n2)nnc1-c1ccc(N(C)C)cc1. The maximum absolute atomic E-state index is 4.84. The number of nitrogens with zero attached hydrogens (tertiary/aromatic N) is 5. The van der Waals surface area contributed by atoms with Crippen molar-refractivity contribution in [1.29, 1.82) is 0 Å². The molecule has 0 spiro atoms.